The van der Waals surface area contributed by atoms with Crippen molar-refractivity contribution >= 4 is 28.9 Å². The number of ether oxygens (including phenoxy) is 1. The minimum absolute atomic E-state index is 0.131. The molecular formula is C21H27N3O3. The van der Waals surface area contributed by atoms with Crippen LogP contribution in [0.1, 0.15) is 39.2 Å². The summed E-state index contributed by atoms with van der Waals surface area (Å²) >= 11 is 0. The number of nitrogens with one attached hydrogen (secondary N) is 3. The maximum absolute atomic E-state index is 12.6. The molecule has 3 N–H and O–H groups in total. The van der Waals surface area contributed by atoms with Crippen molar-refractivity contribution < 1.29 is 14.3 Å². The summed E-state index contributed by atoms with van der Waals surface area (Å²) < 4.78 is 5.31. The van der Waals surface area contributed by atoms with Crippen molar-refractivity contribution in [1.82, 2.24) is 0 Å². The molecule has 2 amide bonds. The van der Waals surface area contributed by atoms with Gasteiger partial charge < -0.3 is 20.7 Å². The van der Waals surface area contributed by atoms with Gasteiger partial charge in [-0.25, -0.2) is 0 Å². The fraction of sp³-hybridized carbons (Fsp3) is 0.333. The standard InChI is InChI=1S/C21H27N3O3/c1-13(2)17-8-6-7-9-18(17)24-21(26)14(3)22-16-10-11-19(23-15(4)25)20(12-16)27-5/h6-14,22H,1-5H3,(H,23,25)(H,24,26)/t14-/m1/s1. The lowest BCUT2D eigenvalue weighted by molar-refractivity contribution is -0.116. The van der Waals surface area contributed by atoms with Crippen molar-refractivity contribution in [1.29, 1.82) is 0 Å². The van der Waals surface area contributed by atoms with Crippen molar-refractivity contribution in [2.75, 3.05) is 23.1 Å². The highest BCUT2D eigenvalue weighted by molar-refractivity contribution is 5.97. The maximum atomic E-state index is 12.6. The molecule has 2 aromatic carbocycles. The fourth-order valence-electron chi connectivity index (χ4n) is 2.74. The van der Waals surface area contributed by atoms with Crippen molar-refractivity contribution in [3.8, 4) is 5.75 Å². The van der Waals surface area contributed by atoms with Crippen LogP contribution in [0.25, 0.3) is 0 Å². The monoisotopic (exact) mass is 369 g/mol. The summed E-state index contributed by atoms with van der Waals surface area (Å²) in [6, 6.07) is 12.6. The van der Waals surface area contributed by atoms with Crippen LogP contribution in [0.4, 0.5) is 17.1 Å². The van der Waals surface area contributed by atoms with Gasteiger partial charge in [-0.3, -0.25) is 9.59 Å². The van der Waals surface area contributed by atoms with E-state index in [1.54, 1.807) is 25.1 Å². The van der Waals surface area contributed by atoms with E-state index in [0.29, 0.717) is 17.4 Å². The summed E-state index contributed by atoms with van der Waals surface area (Å²) in [5, 5.41) is 8.86. The number of para-hydroxylation sites is 1. The third kappa shape index (κ3) is 5.48. The molecule has 2 rings (SSSR count). The van der Waals surface area contributed by atoms with E-state index in [2.05, 4.69) is 29.8 Å². The van der Waals surface area contributed by atoms with E-state index < -0.39 is 6.04 Å². The Morgan fingerprint density at radius 2 is 1.67 bits per heavy atom. The second kappa shape index (κ2) is 9.07. The van der Waals surface area contributed by atoms with Gasteiger partial charge in [-0.2, -0.15) is 0 Å². The topological polar surface area (TPSA) is 79.5 Å². The summed E-state index contributed by atoms with van der Waals surface area (Å²) in [5.41, 5.74) is 3.23. The van der Waals surface area contributed by atoms with Crippen LogP contribution >= 0.6 is 0 Å². The molecule has 2 aromatic rings. The van der Waals surface area contributed by atoms with Crippen molar-refractivity contribution in [3.63, 3.8) is 0 Å². The number of hydrogen-bond donors (Lipinski definition) is 3. The molecule has 0 aromatic heterocycles. The van der Waals surface area contributed by atoms with Crippen molar-refractivity contribution in [2.45, 2.75) is 39.7 Å². The van der Waals surface area contributed by atoms with Gasteiger partial charge in [0.25, 0.3) is 0 Å². The molecule has 0 aliphatic carbocycles. The number of methoxy groups -OCH3 is 1. The Balaban J connectivity index is 2.09. The Bertz CT molecular complexity index is 818. The van der Waals surface area contributed by atoms with Crippen LogP contribution in [0.5, 0.6) is 5.75 Å². The zero-order valence-corrected chi connectivity index (χ0v) is 16.4. The number of anilines is 3. The van der Waals surface area contributed by atoms with Gasteiger partial charge in [-0.1, -0.05) is 32.0 Å². The molecule has 0 spiro atoms. The molecular weight excluding hydrogens is 342 g/mol. The Morgan fingerprint density at radius 1 is 0.963 bits per heavy atom. The van der Waals surface area contributed by atoms with Crippen molar-refractivity contribution in [2.24, 2.45) is 0 Å². The van der Waals surface area contributed by atoms with Crippen LogP contribution in [-0.2, 0) is 9.59 Å². The Hall–Kier alpha value is -3.02. The fourth-order valence-corrected chi connectivity index (χ4v) is 2.74. The van der Waals surface area contributed by atoms with E-state index in [1.165, 1.54) is 14.0 Å². The second-order valence-electron chi connectivity index (χ2n) is 6.69. The highest BCUT2D eigenvalue weighted by Gasteiger charge is 2.16. The third-order valence-electron chi connectivity index (χ3n) is 4.13. The highest BCUT2D eigenvalue weighted by Crippen LogP contribution is 2.28. The van der Waals surface area contributed by atoms with E-state index in [1.807, 2.05) is 24.3 Å². The van der Waals surface area contributed by atoms with E-state index >= 15 is 0 Å². The van der Waals surface area contributed by atoms with Gasteiger partial charge in [-0.15, -0.1) is 0 Å². The second-order valence-corrected chi connectivity index (χ2v) is 6.69. The lowest BCUT2D eigenvalue weighted by Gasteiger charge is -2.19. The van der Waals surface area contributed by atoms with Crippen LogP contribution < -0.4 is 20.7 Å². The minimum atomic E-state index is -0.457. The average Bonchev–Trinajstić information content (AvgIpc) is 2.62. The first-order chi connectivity index (χ1) is 12.8. The predicted octanol–water partition coefficient (Wildman–Crippen LogP) is 4.22. The van der Waals surface area contributed by atoms with E-state index in [-0.39, 0.29) is 11.8 Å². The molecule has 0 saturated heterocycles. The van der Waals surface area contributed by atoms with Crippen LogP contribution in [0, 0.1) is 0 Å². The Morgan fingerprint density at radius 3 is 2.30 bits per heavy atom. The molecule has 0 unspecified atom stereocenters. The number of benzene rings is 2. The van der Waals surface area contributed by atoms with Crippen LogP contribution in [0.3, 0.4) is 0 Å². The quantitative estimate of drug-likeness (QED) is 0.683. The van der Waals surface area contributed by atoms with Crippen LogP contribution in [0.15, 0.2) is 42.5 Å². The number of carbonyl (C=O) groups excluding carboxylic acids is 2. The summed E-state index contributed by atoms with van der Waals surface area (Å²) in [5.74, 6) is 0.530. The molecule has 144 valence electrons. The first kappa shape index (κ1) is 20.3. The first-order valence-electron chi connectivity index (χ1n) is 8.93. The molecule has 27 heavy (non-hydrogen) atoms. The lowest BCUT2D eigenvalue weighted by Crippen LogP contribution is -2.32. The van der Waals surface area contributed by atoms with Crippen LogP contribution in [-0.4, -0.2) is 25.0 Å². The third-order valence-corrected chi connectivity index (χ3v) is 4.13. The summed E-state index contributed by atoms with van der Waals surface area (Å²) in [6.45, 7) is 7.42. The van der Waals surface area contributed by atoms with Gasteiger partial charge in [0, 0.05) is 24.4 Å². The molecule has 1 atom stereocenters. The maximum Gasteiger partial charge on any atom is 0.246 e. The number of rotatable bonds is 7. The molecule has 6 nitrogen and oxygen atoms in total. The van der Waals surface area contributed by atoms with Gasteiger partial charge >= 0.3 is 0 Å². The normalized spacial score (nSPS) is 11.6. The Kier molecular flexibility index (Phi) is 6.82. The number of amides is 2. The van der Waals surface area contributed by atoms with E-state index in [9.17, 15) is 9.59 Å². The largest absolute Gasteiger partial charge is 0.494 e. The van der Waals surface area contributed by atoms with Crippen LogP contribution in [0.2, 0.25) is 0 Å². The lowest BCUT2D eigenvalue weighted by atomic mass is 10.0. The SMILES string of the molecule is COc1cc(N[C@H](C)C(=O)Nc2ccccc2C(C)C)ccc1NC(C)=O. The number of carbonyl (C=O) groups is 2. The number of hydrogen-bond acceptors (Lipinski definition) is 4. The minimum Gasteiger partial charge on any atom is -0.494 e. The van der Waals surface area contributed by atoms with E-state index in [4.69, 9.17) is 4.74 Å². The zero-order valence-electron chi connectivity index (χ0n) is 16.4. The van der Waals surface area contributed by atoms with Crippen molar-refractivity contribution in [3.05, 3.63) is 48.0 Å². The van der Waals surface area contributed by atoms with E-state index in [0.717, 1.165) is 16.9 Å². The average molecular weight is 369 g/mol. The molecule has 0 heterocycles. The zero-order chi connectivity index (χ0) is 20.0. The first-order valence-corrected chi connectivity index (χ1v) is 8.93. The summed E-state index contributed by atoms with van der Waals surface area (Å²) in [7, 11) is 1.53. The summed E-state index contributed by atoms with van der Waals surface area (Å²) in [6.07, 6.45) is 0. The highest BCUT2D eigenvalue weighted by atomic mass is 16.5. The summed E-state index contributed by atoms with van der Waals surface area (Å²) in [4.78, 5) is 23.8. The van der Waals surface area contributed by atoms with Gasteiger partial charge in [-0.05, 0) is 36.6 Å². The predicted molar refractivity (Wildman–Crippen MR) is 110 cm³/mol. The molecule has 0 fully saturated rings. The van der Waals surface area contributed by atoms with Gasteiger partial charge in [0.2, 0.25) is 11.8 Å². The molecule has 6 heteroatoms. The molecule has 0 radical (unpaired) electrons. The molecule has 0 aliphatic heterocycles. The Labute approximate surface area is 160 Å². The smallest absolute Gasteiger partial charge is 0.246 e. The van der Waals surface area contributed by atoms with Gasteiger partial charge in [0.05, 0.1) is 12.8 Å². The molecule has 0 bridgehead atoms. The van der Waals surface area contributed by atoms with Gasteiger partial charge in [0.15, 0.2) is 0 Å². The van der Waals surface area contributed by atoms with Gasteiger partial charge in [0.1, 0.15) is 11.8 Å². The molecule has 0 saturated carbocycles. The molecule has 0 aliphatic rings.